The van der Waals surface area contributed by atoms with Crippen LogP contribution < -0.4 is 0 Å². The van der Waals surface area contributed by atoms with Crippen molar-refractivity contribution in [3.63, 3.8) is 0 Å². The number of aliphatic imine (C=N–C) groups is 1. The van der Waals surface area contributed by atoms with Crippen molar-refractivity contribution in [3.05, 3.63) is 74.7 Å². The third-order valence-corrected chi connectivity index (χ3v) is 5.03. The predicted octanol–water partition coefficient (Wildman–Crippen LogP) is 4.03. The first-order valence-corrected chi connectivity index (χ1v) is 9.54. The second-order valence-corrected chi connectivity index (χ2v) is 7.58. The van der Waals surface area contributed by atoms with E-state index in [-0.39, 0.29) is 0 Å². The molecule has 138 valence electrons. The fourth-order valence-electron chi connectivity index (χ4n) is 3.03. The zero-order chi connectivity index (χ0) is 19.0. The summed E-state index contributed by atoms with van der Waals surface area (Å²) < 4.78 is 2.97. The highest BCUT2D eigenvalue weighted by Crippen LogP contribution is 2.30. The van der Waals surface area contributed by atoms with E-state index in [1.165, 1.54) is 0 Å². The van der Waals surface area contributed by atoms with Crippen molar-refractivity contribution in [1.82, 2.24) is 19.8 Å². The maximum absolute atomic E-state index is 6.47. The topological polar surface area (TPSA) is 55.5 Å². The van der Waals surface area contributed by atoms with E-state index in [2.05, 4.69) is 26.1 Å². The van der Waals surface area contributed by atoms with Crippen molar-refractivity contribution >= 4 is 33.2 Å². The molecule has 3 aromatic rings. The monoisotopic (exact) mass is 445 g/mol. The van der Waals surface area contributed by atoms with Gasteiger partial charge in [-0.15, -0.1) is 10.2 Å². The van der Waals surface area contributed by atoms with Crippen LogP contribution in [0.15, 0.2) is 51.9 Å². The second kappa shape index (κ2) is 7.52. The Morgan fingerprint density at radius 1 is 1.15 bits per heavy atom. The zero-order valence-corrected chi connectivity index (χ0v) is 17.2. The van der Waals surface area contributed by atoms with Gasteiger partial charge in [-0.1, -0.05) is 45.7 Å². The minimum absolute atomic E-state index is 0.316. The fraction of sp³-hybridized carbons (Fsp3) is 0.211. The number of benzene rings is 2. The number of halogens is 2. The molecule has 0 aliphatic carbocycles. The molecule has 0 N–H and O–H groups in total. The maximum Gasteiger partial charge on any atom is 0.165 e. The summed E-state index contributed by atoms with van der Waals surface area (Å²) in [5, 5.41) is 10.9. The van der Waals surface area contributed by atoms with E-state index in [1.807, 2.05) is 61.1 Å². The van der Waals surface area contributed by atoms with E-state index in [1.54, 1.807) is 5.06 Å². The molecular formula is C19H17BrClN5O. The highest BCUT2D eigenvalue weighted by molar-refractivity contribution is 9.10. The molecule has 0 saturated carbocycles. The second-order valence-electron chi connectivity index (χ2n) is 6.26. The lowest BCUT2D eigenvalue weighted by Crippen LogP contribution is -2.15. The highest BCUT2D eigenvalue weighted by Gasteiger charge is 2.24. The Bertz CT molecular complexity index is 1030. The summed E-state index contributed by atoms with van der Waals surface area (Å²) in [4.78, 5) is 10.4. The van der Waals surface area contributed by atoms with Crippen LogP contribution in [-0.2, 0) is 18.0 Å². The summed E-state index contributed by atoms with van der Waals surface area (Å²) in [5.41, 5.74) is 3.64. The van der Waals surface area contributed by atoms with Crippen LogP contribution in [0.3, 0.4) is 0 Å². The predicted molar refractivity (Wildman–Crippen MR) is 108 cm³/mol. The van der Waals surface area contributed by atoms with Gasteiger partial charge in [-0.3, -0.25) is 14.4 Å². The van der Waals surface area contributed by atoms with Gasteiger partial charge in [0.05, 0.1) is 11.4 Å². The minimum Gasteiger partial charge on any atom is -0.291 e. The first kappa shape index (κ1) is 18.3. The number of hydroxylamine groups is 2. The quantitative estimate of drug-likeness (QED) is 0.568. The summed E-state index contributed by atoms with van der Waals surface area (Å²) in [6.07, 6.45) is 0. The minimum atomic E-state index is 0.316. The van der Waals surface area contributed by atoms with E-state index < -0.39 is 0 Å². The molecule has 1 aliphatic rings. The van der Waals surface area contributed by atoms with Crippen LogP contribution in [0.1, 0.15) is 22.8 Å². The van der Waals surface area contributed by atoms with Crippen LogP contribution in [0.2, 0.25) is 5.02 Å². The van der Waals surface area contributed by atoms with Crippen molar-refractivity contribution in [1.29, 1.82) is 0 Å². The third kappa shape index (κ3) is 3.55. The summed E-state index contributed by atoms with van der Waals surface area (Å²) >= 11 is 10.0. The van der Waals surface area contributed by atoms with Crippen LogP contribution in [0.4, 0.5) is 0 Å². The van der Waals surface area contributed by atoms with Gasteiger partial charge in [-0.05, 0) is 24.3 Å². The molecule has 1 aliphatic heterocycles. The molecule has 4 rings (SSSR count). The van der Waals surface area contributed by atoms with Gasteiger partial charge in [-0.25, -0.2) is 0 Å². The van der Waals surface area contributed by atoms with Gasteiger partial charge < -0.3 is 0 Å². The summed E-state index contributed by atoms with van der Waals surface area (Å²) in [7, 11) is 3.67. The SMILES string of the molecule is CN(C)OCc1nnc2n1-c1ccc(Br)cc1C(c1ccccc1Cl)=NC2. The standard InChI is InChI=1S/C19H17BrClN5O/c1-25(2)27-11-18-24-23-17-10-22-19(13-5-3-4-6-15(13)21)14-9-12(20)7-8-16(14)26(17)18/h3-9H,10-11H2,1-2H3. The molecule has 0 atom stereocenters. The largest absolute Gasteiger partial charge is 0.291 e. The molecule has 2 aromatic carbocycles. The molecule has 0 radical (unpaired) electrons. The first-order chi connectivity index (χ1) is 13.0. The number of rotatable bonds is 4. The Balaban J connectivity index is 1.89. The van der Waals surface area contributed by atoms with E-state index in [4.69, 9.17) is 21.4 Å². The fourth-order valence-corrected chi connectivity index (χ4v) is 3.61. The lowest BCUT2D eigenvalue weighted by Gasteiger charge is -2.15. The van der Waals surface area contributed by atoms with Crippen molar-refractivity contribution < 1.29 is 4.84 Å². The Labute approximate surface area is 170 Å². The Hall–Kier alpha value is -2.06. The van der Waals surface area contributed by atoms with Crippen molar-refractivity contribution in [2.24, 2.45) is 4.99 Å². The van der Waals surface area contributed by atoms with Crippen LogP contribution in [0.25, 0.3) is 5.69 Å². The van der Waals surface area contributed by atoms with Crippen molar-refractivity contribution in [2.45, 2.75) is 13.2 Å². The molecule has 0 saturated heterocycles. The van der Waals surface area contributed by atoms with E-state index in [0.29, 0.717) is 18.2 Å². The van der Waals surface area contributed by atoms with E-state index in [0.717, 1.165) is 38.6 Å². The number of nitrogens with zero attached hydrogens (tertiary/aromatic N) is 5. The van der Waals surface area contributed by atoms with Crippen molar-refractivity contribution in [2.75, 3.05) is 14.1 Å². The van der Waals surface area contributed by atoms with Crippen molar-refractivity contribution in [3.8, 4) is 5.69 Å². The number of hydrogen-bond acceptors (Lipinski definition) is 5. The van der Waals surface area contributed by atoms with Crippen LogP contribution in [-0.4, -0.2) is 39.6 Å². The summed E-state index contributed by atoms with van der Waals surface area (Å²) in [6, 6.07) is 13.8. The van der Waals surface area contributed by atoms with E-state index >= 15 is 0 Å². The first-order valence-electron chi connectivity index (χ1n) is 8.37. The van der Waals surface area contributed by atoms with Gasteiger partial charge in [0.2, 0.25) is 0 Å². The van der Waals surface area contributed by atoms with Crippen LogP contribution in [0, 0.1) is 0 Å². The van der Waals surface area contributed by atoms with Crippen LogP contribution >= 0.6 is 27.5 Å². The number of hydrogen-bond donors (Lipinski definition) is 0. The molecule has 6 nitrogen and oxygen atoms in total. The van der Waals surface area contributed by atoms with E-state index in [9.17, 15) is 0 Å². The Kier molecular flexibility index (Phi) is 5.10. The van der Waals surface area contributed by atoms with Gasteiger partial charge in [0.25, 0.3) is 0 Å². The molecule has 0 unspecified atom stereocenters. The number of fused-ring (bicyclic) bond motifs is 3. The van der Waals surface area contributed by atoms with Gasteiger partial charge in [-0.2, -0.15) is 5.06 Å². The average molecular weight is 447 g/mol. The highest BCUT2D eigenvalue weighted by atomic mass is 79.9. The molecule has 0 amide bonds. The average Bonchev–Trinajstić information content (AvgIpc) is 2.97. The molecular weight excluding hydrogens is 430 g/mol. The smallest absolute Gasteiger partial charge is 0.165 e. The zero-order valence-electron chi connectivity index (χ0n) is 14.9. The van der Waals surface area contributed by atoms with Gasteiger partial charge in [0, 0.05) is 34.7 Å². The normalized spacial score (nSPS) is 13.1. The third-order valence-electron chi connectivity index (χ3n) is 4.21. The van der Waals surface area contributed by atoms with Gasteiger partial charge in [0.1, 0.15) is 13.2 Å². The molecule has 27 heavy (non-hydrogen) atoms. The molecule has 1 aromatic heterocycles. The maximum atomic E-state index is 6.47. The molecule has 0 fully saturated rings. The summed E-state index contributed by atoms with van der Waals surface area (Å²) in [6.45, 7) is 0.721. The molecule has 8 heteroatoms. The lowest BCUT2D eigenvalue weighted by atomic mass is 10.0. The summed E-state index contributed by atoms with van der Waals surface area (Å²) in [5.74, 6) is 1.48. The van der Waals surface area contributed by atoms with Gasteiger partial charge >= 0.3 is 0 Å². The number of aromatic nitrogens is 3. The van der Waals surface area contributed by atoms with Gasteiger partial charge in [0.15, 0.2) is 11.6 Å². The molecule has 2 heterocycles. The Morgan fingerprint density at radius 3 is 2.74 bits per heavy atom. The Morgan fingerprint density at radius 2 is 1.96 bits per heavy atom. The molecule has 0 bridgehead atoms. The lowest BCUT2D eigenvalue weighted by molar-refractivity contribution is -0.133. The van der Waals surface area contributed by atoms with Crippen LogP contribution in [0.5, 0.6) is 0 Å². The molecule has 0 spiro atoms.